The number of hydrogen-bond acceptors (Lipinski definition) is 4. The molecule has 3 rings (SSSR count). The maximum Gasteiger partial charge on any atom is 0.417 e. The molecule has 0 atom stereocenters. The number of carbonyl (C=O) groups is 1. The first-order valence-electron chi connectivity index (χ1n) is 8.56. The molecule has 1 aromatic heterocycles. The summed E-state index contributed by atoms with van der Waals surface area (Å²) in [7, 11) is 0. The molecule has 27 heavy (non-hydrogen) atoms. The topological polar surface area (TPSA) is 75.3 Å². The van der Waals surface area contributed by atoms with Gasteiger partial charge in [0, 0.05) is 17.0 Å². The summed E-state index contributed by atoms with van der Waals surface area (Å²) in [5, 5.41) is 9.84. The summed E-state index contributed by atoms with van der Waals surface area (Å²) < 4.78 is 41.1. The molecule has 1 heterocycles. The molecule has 0 unspecified atom stereocenters. The molecule has 8 heteroatoms. The first-order valence-corrected chi connectivity index (χ1v) is 9.37. The zero-order valence-corrected chi connectivity index (χ0v) is 15.9. The van der Waals surface area contributed by atoms with Gasteiger partial charge in [-0.05, 0) is 41.9 Å². The zero-order chi connectivity index (χ0) is 20.0. The third-order valence-electron chi connectivity index (χ3n) is 4.96. The minimum Gasteiger partial charge on any atom is -0.478 e. The molecule has 0 spiro atoms. The molecule has 0 saturated carbocycles. The van der Waals surface area contributed by atoms with Crippen LogP contribution < -0.4 is 11.3 Å². The molecule has 0 fully saturated rings. The van der Waals surface area contributed by atoms with Crippen molar-refractivity contribution in [1.29, 1.82) is 0 Å². The number of carboxylic acid groups (broad SMARTS) is 1. The molecular weight excluding hydrogens is 377 g/mol. The van der Waals surface area contributed by atoms with Gasteiger partial charge in [-0.3, -0.25) is 11.3 Å². The number of benzene rings is 1. The lowest BCUT2D eigenvalue weighted by molar-refractivity contribution is -0.137. The molecule has 4 nitrogen and oxygen atoms in total. The number of aryl methyl sites for hydroxylation is 1. The Morgan fingerprint density at radius 2 is 2.07 bits per heavy atom. The van der Waals surface area contributed by atoms with Crippen LogP contribution in [-0.2, 0) is 25.6 Å². The van der Waals surface area contributed by atoms with Crippen LogP contribution in [0.3, 0.4) is 0 Å². The van der Waals surface area contributed by atoms with Gasteiger partial charge in [-0.2, -0.15) is 13.2 Å². The van der Waals surface area contributed by atoms with Crippen molar-refractivity contribution in [3.05, 3.63) is 45.3 Å². The van der Waals surface area contributed by atoms with Crippen LogP contribution >= 0.6 is 11.3 Å². The van der Waals surface area contributed by atoms with Crippen LogP contribution in [0.4, 0.5) is 13.2 Å². The molecule has 4 N–H and O–H groups in total. The standard InChI is InChI=1S/C19H21F3N2O2S/c1-18(2)7-6-13-11(8-18)15(17(25)26)16(27-13)14-10(9-24-23)4-3-5-12(14)19(20,21)22/h3-5,24H,6-9,23H2,1-2H3,(H,25,26). The number of halogens is 3. The molecule has 0 amide bonds. The molecule has 146 valence electrons. The van der Waals surface area contributed by atoms with Crippen LogP contribution in [0.5, 0.6) is 0 Å². The summed E-state index contributed by atoms with van der Waals surface area (Å²) in [5.74, 6) is 4.16. The molecule has 1 aliphatic carbocycles. The van der Waals surface area contributed by atoms with E-state index in [4.69, 9.17) is 5.84 Å². The number of nitrogens with one attached hydrogen (secondary N) is 1. The second-order valence-corrected chi connectivity index (χ2v) is 8.68. The summed E-state index contributed by atoms with van der Waals surface area (Å²) in [5.41, 5.74) is 2.37. The molecule has 0 bridgehead atoms. The van der Waals surface area contributed by atoms with E-state index in [1.165, 1.54) is 6.07 Å². The van der Waals surface area contributed by atoms with E-state index in [-0.39, 0.29) is 28.0 Å². The first-order chi connectivity index (χ1) is 12.5. The number of nitrogens with two attached hydrogens (primary N) is 1. The van der Waals surface area contributed by atoms with E-state index >= 15 is 0 Å². The lowest BCUT2D eigenvalue weighted by atomic mass is 9.75. The second-order valence-electron chi connectivity index (χ2n) is 7.57. The van der Waals surface area contributed by atoms with Crippen molar-refractivity contribution in [2.24, 2.45) is 11.3 Å². The van der Waals surface area contributed by atoms with E-state index in [0.29, 0.717) is 24.0 Å². The van der Waals surface area contributed by atoms with Crippen molar-refractivity contribution in [1.82, 2.24) is 5.43 Å². The minimum absolute atomic E-state index is 0.00209. The van der Waals surface area contributed by atoms with Gasteiger partial charge in [0.15, 0.2) is 0 Å². The lowest BCUT2D eigenvalue weighted by Gasteiger charge is -2.29. The Bertz CT molecular complexity index is 888. The fourth-order valence-electron chi connectivity index (χ4n) is 3.68. The predicted octanol–water partition coefficient (Wildman–Crippen LogP) is 4.61. The maximum atomic E-state index is 13.7. The number of fused-ring (bicyclic) bond motifs is 1. The number of alkyl halides is 3. The van der Waals surface area contributed by atoms with Crippen LogP contribution in [0.25, 0.3) is 10.4 Å². The van der Waals surface area contributed by atoms with Gasteiger partial charge >= 0.3 is 12.1 Å². The molecule has 0 aliphatic heterocycles. The minimum atomic E-state index is -4.60. The van der Waals surface area contributed by atoms with Gasteiger partial charge in [0.25, 0.3) is 0 Å². The highest BCUT2D eigenvalue weighted by atomic mass is 32.1. The van der Waals surface area contributed by atoms with Crippen LogP contribution in [0.2, 0.25) is 0 Å². The maximum absolute atomic E-state index is 13.7. The summed E-state index contributed by atoms with van der Waals surface area (Å²) in [6.45, 7) is 4.10. The quantitative estimate of drug-likeness (QED) is 0.519. The van der Waals surface area contributed by atoms with E-state index in [1.807, 2.05) is 13.8 Å². The average molecular weight is 398 g/mol. The van der Waals surface area contributed by atoms with E-state index in [0.717, 1.165) is 28.7 Å². The number of rotatable bonds is 4. The highest BCUT2D eigenvalue weighted by molar-refractivity contribution is 7.16. The average Bonchev–Trinajstić information content (AvgIpc) is 2.91. The van der Waals surface area contributed by atoms with Crippen LogP contribution in [0.15, 0.2) is 18.2 Å². The number of aromatic carboxylic acids is 1. The number of hydrogen-bond donors (Lipinski definition) is 3. The summed E-state index contributed by atoms with van der Waals surface area (Å²) in [6, 6.07) is 3.85. The van der Waals surface area contributed by atoms with Crippen LogP contribution in [0, 0.1) is 5.41 Å². The molecule has 1 aromatic carbocycles. The summed E-state index contributed by atoms with van der Waals surface area (Å²) >= 11 is 1.16. The van der Waals surface area contributed by atoms with E-state index in [2.05, 4.69) is 5.43 Å². The largest absolute Gasteiger partial charge is 0.478 e. The van der Waals surface area contributed by atoms with Gasteiger partial charge in [-0.25, -0.2) is 4.79 Å². The number of carboxylic acids is 1. The smallest absolute Gasteiger partial charge is 0.417 e. The Morgan fingerprint density at radius 3 is 2.67 bits per heavy atom. The highest BCUT2D eigenvalue weighted by Crippen LogP contribution is 2.48. The van der Waals surface area contributed by atoms with Gasteiger partial charge < -0.3 is 5.11 Å². The Kier molecular flexibility index (Phi) is 5.09. The predicted molar refractivity (Wildman–Crippen MR) is 98.5 cm³/mol. The Balaban J connectivity index is 2.32. The molecular formula is C19H21F3N2O2S. The monoisotopic (exact) mass is 398 g/mol. The fraction of sp³-hybridized carbons (Fsp3) is 0.421. The fourth-order valence-corrected chi connectivity index (χ4v) is 5.09. The Morgan fingerprint density at radius 1 is 1.37 bits per heavy atom. The Labute approximate surface area is 159 Å². The van der Waals surface area contributed by atoms with Gasteiger partial charge in [-0.15, -0.1) is 11.3 Å². The van der Waals surface area contributed by atoms with Crippen molar-refractivity contribution in [2.75, 3.05) is 0 Å². The lowest BCUT2D eigenvalue weighted by Crippen LogP contribution is -2.23. The SMILES string of the molecule is CC1(C)CCc2sc(-c3c(CNN)cccc3C(F)(F)F)c(C(=O)O)c2C1. The number of thiophene rings is 1. The van der Waals surface area contributed by atoms with E-state index < -0.39 is 17.7 Å². The highest BCUT2D eigenvalue weighted by Gasteiger charge is 2.38. The van der Waals surface area contributed by atoms with Gasteiger partial charge in [0.1, 0.15) is 0 Å². The van der Waals surface area contributed by atoms with Gasteiger partial charge in [0.05, 0.1) is 16.0 Å². The number of hydrazine groups is 1. The van der Waals surface area contributed by atoms with Crippen molar-refractivity contribution < 1.29 is 23.1 Å². The van der Waals surface area contributed by atoms with Gasteiger partial charge in [-0.1, -0.05) is 26.0 Å². The molecule has 0 saturated heterocycles. The van der Waals surface area contributed by atoms with Crippen LogP contribution in [0.1, 0.15) is 52.2 Å². The zero-order valence-electron chi connectivity index (χ0n) is 15.0. The first kappa shape index (κ1) is 19.9. The van der Waals surface area contributed by atoms with Crippen molar-refractivity contribution in [3.8, 4) is 10.4 Å². The third-order valence-corrected chi connectivity index (χ3v) is 6.27. The molecule has 0 radical (unpaired) electrons. The van der Waals surface area contributed by atoms with E-state index in [9.17, 15) is 23.1 Å². The third kappa shape index (κ3) is 3.74. The summed E-state index contributed by atoms with van der Waals surface area (Å²) in [4.78, 5) is 13.1. The summed E-state index contributed by atoms with van der Waals surface area (Å²) in [6.07, 6.45) is -2.51. The van der Waals surface area contributed by atoms with Crippen molar-refractivity contribution >= 4 is 17.3 Å². The Hall–Kier alpha value is -1.90. The molecule has 1 aliphatic rings. The van der Waals surface area contributed by atoms with Gasteiger partial charge in [0.2, 0.25) is 0 Å². The van der Waals surface area contributed by atoms with Crippen LogP contribution in [-0.4, -0.2) is 11.1 Å². The second kappa shape index (κ2) is 6.92. The molecule has 2 aromatic rings. The van der Waals surface area contributed by atoms with Crippen molar-refractivity contribution in [3.63, 3.8) is 0 Å². The van der Waals surface area contributed by atoms with Crippen molar-refractivity contribution in [2.45, 2.75) is 45.8 Å². The van der Waals surface area contributed by atoms with E-state index in [1.54, 1.807) is 6.07 Å². The normalized spacial score (nSPS) is 16.2.